The van der Waals surface area contributed by atoms with Gasteiger partial charge in [0.2, 0.25) is 0 Å². The molecule has 0 spiro atoms. The minimum absolute atomic E-state index is 0. The van der Waals surface area contributed by atoms with Crippen molar-refractivity contribution in [2.45, 2.75) is 0 Å². The molecule has 0 aliphatic heterocycles. The van der Waals surface area contributed by atoms with Gasteiger partial charge in [-0.2, -0.15) is 8.42 Å². The first kappa shape index (κ1) is 11.1. The molecule has 0 fully saturated rings. The summed E-state index contributed by atoms with van der Waals surface area (Å²) in [6.07, 6.45) is 0. The van der Waals surface area contributed by atoms with Crippen LogP contribution in [0, 0.1) is 0 Å². The fraction of sp³-hybridized carbons (Fsp3) is 1.00. The van der Waals surface area contributed by atoms with E-state index in [1.165, 1.54) is 0 Å². The van der Waals surface area contributed by atoms with Gasteiger partial charge in [-0.25, -0.2) is 0 Å². The summed E-state index contributed by atoms with van der Waals surface area (Å²) in [6.45, 7) is 0. The molecule has 0 saturated heterocycles. The van der Waals surface area contributed by atoms with Crippen LogP contribution in [0.5, 0.6) is 0 Å². The van der Waals surface area contributed by atoms with Gasteiger partial charge in [0.25, 0.3) is 10.1 Å². The molecule has 7 heavy (non-hydrogen) atoms. The van der Waals surface area contributed by atoms with Crippen molar-refractivity contribution in [3.8, 4) is 0 Å². The van der Waals surface area contributed by atoms with Crippen LogP contribution < -0.4 is 29.6 Å². The summed E-state index contributed by atoms with van der Waals surface area (Å²) >= 11 is 4.64. The van der Waals surface area contributed by atoms with E-state index in [4.69, 9.17) is 4.55 Å². The van der Waals surface area contributed by atoms with Gasteiger partial charge in [-0.05, 0) is 0 Å². The van der Waals surface area contributed by atoms with Crippen LogP contribution >= 0.6 is 11.6 Å². The molecule has 0 aliphatic rings. The Morgan fingerprint density at radius 1 is 1.71 bits per heavy atom. The topological polar surface area (TPSA) is 54.4 Å². The second-order valence-electron chi connectivity index (χ2n) is 0.691. The molecule has 0 aromatic heterocycles. The van der Waals surface area contributed by atoms with Crippen molar-refractivity contribution >= 4 is 21.7 Å². The molecule has 6 heteroatoms. The molecule has 0 aromatic carbocycles. The Morgan fingerprint density at radius 3 is 1.86 bits per heavy atom. The SMILES string of the molecule is O=S(=O)(O)CCl.[H-].[Na+]. The van der Waals surface area contributed by atoms with E-state index in [2.05, 4.69) is 11.6 Å². The quantitative estimate of drug-likeness (QED) is 0.252. The third-order valence-electron chi connectivity index (χ3n) is 0.138. The Morgan fingerprint density at radius 2 is 1.86 bits per heavy atom. The third kappa shape index (κ3) is 11.0. The molecule has 0 heterocycles. The molecule has 0 rings (SSSR count). The molecule has 40 valence electrons. The van der Waals surface area contributed by atoms with Gasteiger partial charge in [-0.15, -0.1) is 11.6 Å². The van der Waals surface area contributed by atoms with Gasteiger partial charge in [0.05, 0.1) is 0 Å². The number of hydrogen-bond acceptors (Lipinski definition) is 2. The van der Waals surface area contributed by atoms with Crippen LogP contribution in [0.25, 0.3) is 0 Å². The van der Waals surface area contributed by atoms with Gasteiger partial charge < -0.3 is 1.43 Å². The fourth-order valence-corrected chi connectivity index (χ4v) is 0. The van der Waals surface area contributed by atoms with Crippen LogP contribution in [0.4, 0.5) is 0 Å². The number of halogens is 1. The van der Waals surface area contributed by atoms with Gasteiger partial charge in [0.1, 0.15) is 5.21 Å². The first-order valence-electron chi connectivity index (χ1n) is 1.07. The molecule has 0 atom stereocenters. The van der Waals surface area contributed by atoms with Crippen LogP contribution in [-0.4, -0.2) is 18.2 Å². The van der Waals surface area contributed by atoms with Crippen molar-refractivity contribution in [3.63, 3.8) is 0 Å². The van der Waals surface area contributed by atoms with Crippen molar-refractivity contribution in [3.05, 3.63) is 0 Å². The molecule has 3 nitrogen and oxygen atoms in total. The van der Waals surface area contributed by atoms with Gasteiger partial charge in [0, 0.05) is 0 Å². The Balaban J connectivity index is -0.000000125. The van der Waals surface area contributed by atoms with Crippen molar-refractivity contribution in [2.75, 3.05) is 5.21 Å². The summed E-state index contributed by atoms with van der Waals surface area (Å²) in [5.41, 5.74) is 0. The van der Waals surface area contributed by atoms with E-state index in [1.54, 1.807) is 0 Å². The van der Waals surface area contributed by atoms with E-state index < -0.39 is 15.3 Å². The van der Waals surface area contributed by atoms with Gasteiger partial charge in [-0.1, -0.05) is 0 Å². The minimum atomic E-state index is -3.90. The number of hydrogen-bond donors (Lipinski definition) is 1. The molecule has 0 amide bonds. The average Bonchev–Trinajstić information content (AvgIpc) is 1.35. The van der Waals surface area contributed by atoms with E-state index in [0.29, 0.717) is 0 Å². The van der Waals surface area contributed by atoms with Gasteiger partial charge >= 0.3 is 29.6 Å². The maximum atomic E-state index is 9.42. The predicted octanol–water partition coefficient (Wildman–Crippen LogP) is -2.81. The number of rotatable bonds is 1. The Hall–Kier alpha value is 1.20. The average molecular weight is 155 g/mol. The maximum absolute atomic E-state index is 9.42. The molecule has 0 saturated carbocycles. The molecule has 0 aromatic rings. The third-order valence-corrected chi connectivity index (χ3v) is 1.24. The van der Waals surface area contributed by atoms with Crippen LogP contribution in [0.15, 0.2) is 0 Å². The minimum Gasteiger partial charge on any atom is -1.00 e. The van der Waals surface area contributed by atoms with Gasteiger partial charge in [0.15, 0.2) is 0 Å². The zero-order valence-corrected chi connectivity index (χ0v) is 7.33. The second-order valence-corrected chi connectivity index (χ2v) is 2.73. The summed E-state index contributed by atoms with van der Waals surface area (Å²) in [5, 5.41) is -0.729. The molecule has 0 aliphatic carbocycles. The summed E-state index contributed by atoms with van der Waals surface area (Å²) in [6, 6.07) is 0. The zero-order chi connectivity index (χ0) is 5.21. The van der Waals surface area contributed by atoms with Crippen LogP contribution in [0.2, 0.25) is 0 Å². The van der Waals surface area contributed by atoms with E-state index in [0.717, 1.165) is 0 Å². The number of alkyl halides is 1. The van der Waals surface area contributed by atoms with Crippen molar-refractivity contribution < 1.29 is 44.0 Å². The summed E-state index contributed by atoms with van der Waals surface area (Å²) < 4.78 is 26.5. The summed E-state index contributed by atoms with van der Waals surface area (Å²) in [5.74, 6) is 0. The first-order chi connectivity index (χ1) is 2.56. The van der Waals surface area contributed by atoms with Crippen molar-refractivity contribution in [1.29, 1.82) is 0 Å². The van der Waals surface area contributed by atoms with E-state index >= 15 is 0 Å². The molecule has 1 N–H and O–H groups in total. The maximum Gasteiger partial charge on any atom is 1.00 e. The summed E-state index contributed by atoms with van der Waals surface area (Å²) in [4.78, 5) is 0. The molecule has 0 unspecified atom stereocenters. The van der Waals surface area contributed by atoms with Gasteiger partial charge in [-0.3, -0.25) is 4.55 Å². The molecular formula is CH4ClNaO3S. The molecule has 0 radical (unpaired) electrons. The van der Waals surface area contributed by atoms with Crippen molar-refractivity contribution in [1.82, 2.24) is 0 Å². The smallest absolute Gasteiger partial charge is 1.00 e. The Kier molecular flexibility index (Phi) is 6.50. The fourth-order valence-electron chi connectivity index (χ4n) is 0. The predicted molar refractivity (Wildman–Crippen MR) is 23.4 cm³/mol. The first-order valence-corrected chi connectivity index (χ1v) is 3.22. The second kappa shape index (κ2) is 4.12. The monoisotopic (exact) mass is 154 g/mol. The van der Waals surface area contributed by atoms with Crippen LogP contribution in [0.3, 0.4) is 0 Å². The van der Waals surface area contributed by atoms with Crippen molar-refractivity contribution in [2.24, 2.45) is 0 Å². The zero-order valence-electron chi connectivity index (χ0n) is 4.76. The van der Waals surface area contributed by atoms with E-state index in [9.17, 15) is 8.42 Å². The standard InChI is InChI=1S/CH3ClO3S.Na.H/c2-1-6(3,4)5;;/h1H2,(H,3,4,5);;/q;+1;-1. The summed E-state index contributed by atoms with van der Waals surface area (Å²) in [7, 11) is -3.90. The van der Waals surface area contributed by atoms with Crippen LogP contribution in [0.1, 0.15) is 1.43 Å². The van der Waals surface area contributed by atoms with E-state index in [1.807, 2.05) is 0 Å². The Bertz CT molecular complexity index is 121. The molecule has 0 bridgehead atoms. The normalized spacial score (nSPS) is 10.0. The Labute approximate surface area is 70.6 Å². The van der Waals surface area contributed by atoms with Crippen LogP contribution in [-0.2, 0) is 10.1 Å². The van der Waals surface area contributed by atoms with E-state index in [-0.39, 0.29) is 31.0 Å². The molecular weight excluding hydrogens is 151 g/mol. The largest absolute Gasteiger partial charge is 1.00 e.